The Morgan fingerprint density at radius 2 is 1.95 bits per heavy atom. The smallest absolute Gasteiger partial charge is 0.244 e. The van der Waals surface area contributed by atoms with Crippen LogP contribution in [0, 0.1) is 10.1 Å². The maximum absolute atomic E-state index is 10.6. The lowest BCUT2D eigenvalue weighted by molar-refractivity contribution is -0.422. The molecule has 2 aromatic rings. The molecule has 1 aromatic carbocycles. The van der Waals surface area contributed by atoms with E-state index < -0.39 is 0 Å². The second-order valence-corrected chi connectivity index (χ2v) is 5.09. The maximum atomic E-state index is 10.6. The van der Waals surface area contributed by atoms with E-state index in [1.54, 1.807) is 13.2 Å². The largest absolute Gasteiger partial charge is 0.497 e. The number of nitrogens with zero attached hydrogens (tertiary/aromatic N) is 1. The second-order valence-electron chi connectivity index (χ2n) is 3.97. The van der Waals surface area contributed by atoms with E-state index >= 15 is 0 Å². The highest BCUT2D eigenvalue weighted by Gasteiger charge is 2.06. The first-order valence-electron chi connectivity index (χ1n) is 5.67. The van der Waals surface area contributed by atoms with Crippen molar-refractivity contribution in [3.8, 4) is 16.2 Å². The minimum atomic E-state index is -0.382. The van der Waals surface area contributed by atoms with Gasteiger partial charge in [0.2, 0.25) is 5.70 Å². The fraction of sp³-hybridized carbons (Fsp3) is 0.143. The van der Waals surface area contributed by atoms with Gasteiger partial charge in [0, 0.05) is 22.8 Å². The van der Waals surface area contributed by atoms with Gasteiger partial charge in [-0.05, 0) is 42.0 Å². The number of ether oxygens (including phenoxy) is 1. The Labute approximate surface area is 115 Å². The topological polar surface area (TPSA) is 52.4 Å². The number of hydrogen-bond acceptors (Lipinski definition) is 4. The average Bonchev–Trinajstić information content (AvgIpc) is 2.87. The number of hydrogen-bond donors (Lipinski definition) is 0. The van der Waals surface area contributed by atoms with Gasteiger partial charge in [-0.15, -0.1) is 11.3 Å². The number of rotatable bonds is 4. The highest BCUT2D eigenvalue weighted by molar-refractivity contribution is 7.16. The van der Waals surface area contributed by atoms with Gasteiger partial charge in [0.15, 0.2) is 0 Å². The summed E-state index contributed by atoms with van der Waals surface area (Å²) < 4.78 is 5.11. The Morgan fingerprint density at radius 3 is 2.53 bits per heavy atom. The fourth-order valence-corrected chi connectivity index (χ4v) is 2.61. The van der Waals surface area contributed by atoms with Gasteiger partial charge in [-0.3, -0.25) is 10.1 Å². The van der Waals surface area contributed by atoms with Crippen molar-refractivity contribution < 1.29 is 9.66 Å². The molecule has 1 aromatic heterocycles. The van der Waals surface area contributed by atoms with E-state index in [1.807, 2.05) is 36.4 Å². The predicted octanol–water partition coefficient (Wildman–Crippen LogP) is 4.06. The summed E-state index contributed by atoms with van der Waals surface area (Å²) in [6.07, 6.45) is 1.58. The van der Waals surface area contributed by atoms with Crippen molar-refractivity contribution in [2.24, 2.45) is 0 Å². The molecule has 0 aliphatic rings. The lowest BCUT2D eigenvalue weighted by Gasteiger charge is -2.00. The van der Waals surface area contributed by atoms with E-state index in [4.69, 9.17) is 4.74 Å². The third-order valence-electron chi connectivity index (χ3n) is 2.64. The molecule has 0 fully saturated rings. The van der Waals surface area contributed by atoms with Gasteiger partial charge >= 0.3 is 0 Å². The predicted molar refractivity (Wildman–Crippen MR) is 77.0 cm³/mol. The molecular formula is C14H13NO3S. The van der Waals surface area contributed by atoms with Crippen molar-refractivity contribution >= 4 is 17.4 Å². The van der Waals surface area contributed by atoms with Gasteiger partial charge in [-0.1, -0.05) is 0 Å². The molecule has 0 saturated heterocycles. The minimum absolute atomic E-state index is 0.142. The van der Waals surface area contributed by atoms with Crippen LogP contribution in [0.2, 0.25) is 0 Å². The summed E-state index contributed by atoms with van der Waals surface area (Å²) in [6, 6.07) is 11.6. The molecule has 0 N–H and O–H groups in total. The van der Waals surface area contributed by atoms with Crippen molar-refractivity contribution in [3.05, 3.63) is 57.1 Å². The molecule has 0 spiro atoms. The van der Waals surface area contributed by atoms with Gasteiger partial charge in [-0.2, -0.15) is 0 Å². The lowest BCUT2D eigenvalue weighted by Crippen LogP contribution is -1.91. The highest BCUT2D eigenvalue weighted by atomic mass is 32.1. The molecule has 19 heavy (non-hydrogen) atoms. The van der Waals surface area contributed by atoms with Crippen molar-refractivity contribution in [1.82, 2.24) is 0 Å². The fourth-order valence-electron chi connectivity index (χ4n) is 1.60. The summed E-state index contributed by atoms with van der Waals surface area (Å²) in [5.74, 6) is 0.810. The first kappa shape index (κ1) is 13.3. The lowest BCUT2D eigenvalue weighted by atomic mass is 10.2. The Bertz CT molecular complexity index is 614. The van der Waals surface area contributed by atoms with Crippen LogP contribution in [-0.4, -0.2) is 12.0 Å². The van der Waals surface area contributed by atoms with Crippen LogP contribution in [0.15, 0.2) is 42.1 Å². The molecule has 1 heterocycles. The van der Waals surface area contributed by atoms with Gasteiger partial charge < -0.3 is 4.74 Å². The molecule has 0 saturated carbocycles. The quantitative estimate of drug-likeness (QED) is 0.624. The molecule has 2 rings (SSSR count). The molecule has 5 heteroatoms. The van der Waals surface area contributed by atoms with E-state index in [0.717, 1.165) is 21.1 Å². The zero-order valence-electron chi connectivity index (χ0n) is 10.6. The molecule has 0 radical (unpaired) electrons. The Balaban J connectivity index is 2.25. The van der Waals surface area contributed by atoms with Gasteiger partial charge in [0.05, 0.1) is 12.0 Å². The van der Waals surface area contributed by atoms with E-state index in [0.29, 0.717) is 0 Å². The average molecular weight is 275 g/mol. The zero-order valence-corrected chi connectivity index (χ0v) is 11.4. The van der Waals surface area contributed by atoms with Crippen molar-refractivity contribution in [2.45, 2.75) is 6.92 Å². The summed E-state index contributed by atoms with van der Waals surface area (Å²) in [5, 5.41) is 10.6. The first-order chi connectivity index (χ1) is 9.10. The standard InChI is InChI=1S/C14H13NO3S/c1-10(15(16)17)9-13-7-8-14(19-13)11-3-5-12(18-2)6-4-11/h3-9H,1-2H3/b10-9-. The van der Waals surface area contributed by atoms with Crippen LogP contribution in [0.3, 0.4) is 0 Å². The molecule has 0 aliphatic carbocycles. The van der Waals surface area contributed by atoms with Crippen molar-refractivity contribution in [3.63, 3.8) is 0 Å². The number of thiophene rings is 1. The van der Waals surface area contributed by atoms with E-state index in [-0.39, 0.29) is 10.6 Å². The number of methoxy groups -OCH3 is 1. The van der Waals surface area contributed by atoms with E-state index in [9.17, 15) is 10.1 Å². The Kier molecular flexibility index (Phi) is 3.97. The highest BCUT2D eigenvalue weighted by Crippen LogP contribution is 2.30. The summed E-state index contributed by atoms with van der Waals surface area (Å²) in [4.78, 5) is 12.1. The Hall–Kier alpha value is -2.14. The third kappa shape index (κ3) is 3.20. The summed E-state index contributed by atoms with van der Waals surface area (Å²) in [5.41, 5.74) is 1.22. The molecule has 0 bridgehead atoms. The summed E-state index contributed by atoms with van der Waals surface area (Å²) in [6.45, 7) is 1.49. The van der Waals surface area contributed by atoms with Crippen LogP contribution in [0.5, 0.6) is 5.75 Å². The summed E-state index contributed by atoms with van der Waals surface area (Å²) in [7, 11) is 1.63. The second kappa shape index (κ2) is 5.67. The van der Waals surface area contributed by atoms with Crippen LogP contribution >= 0.6 is 11.3 Å². The van der Waals surface area contributed by atoms with Crippen LogP contribution in [0.25, 0.3) is 16.5 Å². The number of nitro groups is 1. The molecule has 0 atom stereocenters. The van der Waals surface area contributed by atoms with Crippen LogP contribution < -0.4 is 4.74 Å². The van der Waals surface area contributed by atoms with Gasteiger partial charge in [0.25, 0.3) is 0 Å². The molecule has 0 unspecified atom stereocenters. The molecular weight excluding hydrogens is 262 g/mol. The van der Waals surface area contributed by atoms with Crippen molar-refractivity contribution in [2.75, 3.05) is 7.11 Å². The van der Waals surface area contributed by atoms with Crippen molar-refractivity contribution in [1.29, 1.82) is 0 Å². The SMILES string of the molecule is COc1ccc(-c2ccc(/C=C(/C)[N+](=O)[O-])s2)cc1. The molecule has 0 aliphatic heterocycles. The Morgan fingerprint density at radius 1 is 1.26 bits per heavy atom. The van der Waals surface area contributed by atoms with Crippen LogP contribution in [0.1, 0.15) is 11.8 Å². The minimum Gasteiger partial charge on any atom is -0.497 e. The van der Waals surface area contributed by atoms with E-state index in [2.05, 4.69) is 0 Å². The summed E-state index contributed by atoms with van der Waals surface area (Å²) >= 11 is 1.52. The number of benzene rings is 1. The molecule has 98 valence electrons. The first-order valence-corrected chi connectivity index (χ1v) is 6.49. The number of allylic oxidation sites excluding steroid dienone is 1. The molecule has 0 amide bonds. The maximum Gasteiger partial charge on any atom is 0.244 e. The van der Waals surface area contributed by atoms with Crippen LogP contribution in [-0.2, 0) is 0 Å². The normalized spacial score (nSPS) is 11.4. The molecule has 4 nitrogen and oxygen atoms in total. The van der Waals surface area contributed by atoms with Crippen LogP contribution in [0.4, 0.5) is 0 Å². The van der Waals surface area contributed by atoms with E-state index in [1.165, 1.54) is 18.3 Å². The zero-order chi connectivity index (χ0) is 13.8. The third-order valence-corrected chi connectivity index (χ3v) is 3.72. The monoisotopic (exact) mass is 275 g/mol. The van der Waals surface area contributed by atoms with Gasteiger partial charge in [-0.25, -0.2) is 0 Å². The van der Waals surface area contributed by atoms with Gasteiger partial charge in [0.1, 0.15) is 5.75 Å².